The third kappa shape index (κ3) is 8.75. The van der Waals surface area contributed by atoms with Gasteiger partial charge in [-0.25, -0.2) is 0 Å². The summed E-state index contributed by atoms with van der Waals surface area (Å²) in [6, 6.07) is 72.9. The number of rotatable bonds is 6. The van der Waals surface area contributed by atoms with Gasteiger partial charge in [0.2, 0.25) is 0 Å². The van der Waals surface area contributed by atoms with Gasteiger partial charge in [-0.1, -0.05) is 152 Å². The van der Waals surface area contributed by atoms with Crippen molar-refractivity contribution in [3.63, 3.8) is 0 Å². The minimum atomic E-state index is 0. The van der Waals surface area contributed by atoms with Gasteiger partial charge in [-0.3, -0.25) is 9.55 Å². The Labute approximate surface area is 410 Å². The zero-order valence-electron chi connectivity index (χ0n) is 39.4. The first-order valence-electron chi connectivity index (χ1n) is 23.2. The van der Waals surface area contributed by atoms with Crippen LogP contribution in [0.1, 0.15) is 78.0 Å². The van der Waals surface area contributed by atoms with Crippen LogP contribution in [-0.2, 0) is 36.4 Å². The second-order valence-corrected chi connectivity index (χ2v) is 19.9. The van der Waals surface area contributed by atoms with Gasteiger partial charge < -0.3 is 9.13 Å². The second-order valence-electron chi connectivity index (χ2n) is 19.9. The Morgan fingerprint density at radius 3 is 1.93 bits per heavy atom. The molecule has 0 spiro atoms. The van der Waals surface area contributed by atoms with Crippen LogP contribution < -0.4 is 4.57 Å². The molecule has 0 atom stereocenters. The SMILES string of the molecule is CC(C)(C)c1ccc(-n2c(-c3[c-]cccc3)nc3ccccc32)c(-c2ccccc2)c1.CC1(C)CCC(C)(C)c2cc(-c3cccc4c3[n+](-c3ccccc3)[c-]n4-c3[c-]cccc3)ccc21.[Ir+3]. The van der Waals surface area contributed by atoms with Crippen molar-refractivity contribution < 1.29 is 24.7 Å². The van der Waals surface area contributed by atoms with Crippen molar-refractivity contribution in [1.29, 1.82) is 0 Å². The van der Waals surface area contributed by atoms with Gasteiger partial charge in [0.05, 0.1) is 33.6 Å². The van der Waals surface area contributed by atoms with E-state index in [9.17, 15) is 0 Å². The van der Waals surface area contributed by atoms with Crippen LogP contribution in [0.15, 0.2) is 188 Å². The van der Waals surface area contributed by atoms with E-state index < -0.39 is 0 Å². The number of hydrogen-bond donors (Lipinski definition) is 0. The van der Waals surface area contributed by atoms with Gasteiger partial charge in [-0.15, -0.1) is 35.9 Å². The van der Waals surface area contributed by atoms with Crippen LogP contribution in [0.5, 0.6) is 0 Å². The average molecular weight is 1050 g/mol. The van der Waals surface area contributed by atoms with E-state index in [-0.39, 0.29) is 36.4 Å². The topological polar surface area (TPSA) is 26.6 Å². The number of aromatic nitrogens is 4. The fourth-order valence-corrected chi connectivity index (χ4v) is 9.64. The van der Waals surface area contributed by atoms with Crippen molar-refractivity contribution in [1.82, 2.24) is 14.1 Å². The van der Waals surface area contributed by atoms with E-state index in [0.29, 0.717) is 0 Å². The standard InChI is InChI=1S/C33H31N2.C29H25N2.Ir/c1-32(2)20-21-33(3,4)29-22-24(18-19-28(29)32)27-16-11-17-30-31(27)35(26-14-9-6-10-15-26)23-34(30)25-12-7-5-8-13-25;1-29(2,3)23-18-19-26(24(20-23)21-12-6-4-7-13-21)31-27-17-11-10-16-25(27)30-28(31)22-14-8-5-9-15-22;/h5-12,14-19,22H,20-21H2,1-4H3;4-14,16-20H,1-3H3;/q2*-1;+3. The number of imidazole rings is 2. The Bertz CT molecular complexity index is 3320. The first kappa shape index (κ1) is 45.5. The molecule has 8 aromatic carbocycles. The van der Waals surface area contributed by atoms with Gasteiger partial charge >= 0.3 is 20.1 Å². The summed E-state index contributed by atoms with van der Waals surface area (Å²) < 4.78 is 6.59. The first-order chi connectivity index (χ1) is 31.9. The Morgan fingerprint density at radius 2 is 1.22 bits per heavy atom. The Hall–Kier alpha value is -6.65. The van der Waals surface area contributed by atoms with Crippen LogP contribution in [0.3, 0.4) is 0 Å². The van der Waals surface area contributed by atoms with Gasteiger partial charge in [0, 0.05) is 11.3 Å². The molecule has 0 fully saturated rings. The van der Waals surface area contributed by atoms with E-state index in [2.05, 4.69) is 232 Å². The van der Waals surface area contributed by atoms with Crippen molar-refractivity contribution >= 4 is 22.1 Å². The van der Waals surface area contributed by atoms with Gasteiger partial charge in [-0.2, -0.15) is 30.3 Å². The van der Waals surface area contributed by atoms with Crippen LogP contribution in [-0.4, -0.2) is 14.1 Å². The minimum absolute atomic E-state index is 0. The number of fused-ring (bicyclic) bond motifs is 3. The maximum Gasteiger partial charge on any atom is 3.00 e. The quantitative estimate of drug-likeness (QED) is 0.120. The van der Waals surface area contributed by atoms with Crippen molar-refractivity contribution in [3.8, 4) is 50.7 Å². The summed E-state index contributed by atoms with van der Waals surface area (Å²) in [7, 11) is 0. The van der Waals surface area contributed by atoms with Crippen LogP contribution in [0.4, 0.5) is 0 Å². The zero-order valence-corrected chi connectivity index (χ0v) is 41.8. The molecule has 11 rings (SSSR count). The summed E-state index contributed by atoms with van der Waals surface area (Å²) in [5, 5.41) is 0. The summed E-state index contributed by atoms with van der Waals surface area (Å²) in [5.74, 6) is 0.905. The number of benzene rings is 8. The molecule has 0 amide bonds. The van der Waals surface area contributed by atoms with Crippen molar-refractivity contribution in [3.05, 3.63) is 223 Å². The minimum Gasteiger partial charge on any atom is -0.333 e. The van der Waals surface area contributed by atoms with Crippen LogP contribution in [0.2, 0.25) is 0 Å². The van der Waals surface area contributed by atoms with E-state index in [0.717, 1.165) is 50.5 Å². The van der Waals surface area contributed by atoms with Gasteiger partial charge in [0.25, 0.3) is 6.33 Å². The van der Waals surface area contributed by atoms with E-state index >= 15 is 0 Å². The first-order valence-corrected chi connectivity index (χ1v) is 23.2. The molecule has 0 radical (unpaired) electrons. The molecule has 332 valence electrons. The van der Waals surface area contributed by atoms with E-state index in [1.807, 2.05) is 36.4 Å². The largest absolute Gasteiger partial charge is 3.00 e. The number of nitrogens with zero attached hydrogens (tertiary/aromatic N) is 4. The number of para-hydroxylation sites is 5. The predicted octanol–water partition coefficient (Wildman–Crippen LogP) is 15.0. The van der Waals surface area contributed by atoms with Gasteiger partial charge in [0.15, 0.2) is 0 Å². The van der Waals surface area contributed by atoms with Gasteiger partial charge in [-0.05, 0) is 105 Å². The molecular weight excluding hydrogens is 993 g/mol. The predicted molar refractivity (Wildman–Crippen MR) is 273 cm³/mol. The molecule has 0 saturated carbocycles. The molecule has 5 heteroatoms. The Kier molecular flexibility index (Phi) is 12.4. The monoisotopic (exact) mass is 1050 g/mol. The molecule has 1 aliphatic rings. The summed E-state index contributed by atoms with van der Waals surface area (Å²) in [6.45, 7) is 16.3. The van der Waals surface area contributed by atoms with E-state index in [1.165, 1.54) is 51.8 Å². The molecule has 0 bridgehead atoms. The molecule has 2 aromatic heterocycles. The molecule has 10 aromatic rings. The van der Waals surface area contributed by atoms with Crippen LogP contribution in [0, 0.1) is 18.5 Å². The summed E-state index contributed by atoms with van der Waals surface area (Å²) in [5.41, 5.74) is 18.1. The van der Waals surface area contributed by atoms with Crippen molar-refractivity contribution in [2.75, 3.05) is 0 Å². The summed E-state index contributed by atoms with van der Waals surface area (Å²) >= 11 is 0. The van der Waals surface area contributed by atoms with Crippen molar-refractivity contribution in [2.24, 2.45) is 0 Å². The summed E-state index contributed by atoms with van der Waals surface area (Å²) in [6.07, 6.45) is 6.06. The second kappa shape index (κ2) is 18.2. The number of hydrogen-bond acceptors (Lipinski definition) is 1. The maximum absolute atomic E-state index is 5.00. The van der Waals surface area contributed by atoms with Crippen LogP contribution in [0.25, 0.3) is 72.8 Å². The maximum atomic E-state index is 5.00. The molecule has 67 heavy (non-hydrogen) atoms. The third-order valence-corrected chi connectivity index (χ3v) is 13.5. The third-order valence-electron chi connectivity index (χ3n) is 13.5. The molecule has 0 unspecified atom stereocenters. The molecule has 0 N–H and O–H groups in total. The van der Waals surface area contributed by atoms with Gasteiger partial charge in [0.1, 0.15) is 0 Å². The Balaban J connectivity index is 0.000000167. The fourth-order valence-electron chi connectivity index (χ4n) is 9.64. The molecular formula is C62H56IrN4+. The average Bonchev–Trinajstić information content (AvgIpc) is 3.94. The van der Waals surface area contributed by atoms with Crippen molar-refractivity contribution in [2.45, 2.75) is 77.6 Å². The molecule has 1 aliphatic carbocycles. The van der Waals surface area contributed by atoms with E-state index in [4.69, 9.17) is 4.98 Å². The normalized spacial score (nSPS) is 13.9. The van der Waals surface area contributed by atoms with Crippen LogP contribution >= 0.6 is 0 Å². The van der Waals surface area contributed by atoms with E-state index in [1.54, 1.807) is 0 Å². The molecule has 2 heterocycles. The molecule has 4 nitrogen and oxygen atoms in total. The zero-order chi connectivity index (χ0) is 45.6. The molecule has 0 aliphatic heterocycles. The smallest absolute Gasteiger partial charge is 0.333 e. The fraction of sp³-hybridized carbons (Fsp3) is 0.194. The molecule has 0 saturated heterocycles. The Morgan fingerprint density at radius 1 is 0.567 bits per heavy atom. The summed E-state index contributed by atoms with van der Waals surface area (Å²) in [4.78, 5) is 5.00.